The second-order valence-corrected chi connectivity index (χ2v) is 6.13. The number of hydrogen-bond acceptors (Lipinski definition) is 5. The van der Waals surface area contributed by atoms with Gasteiger partial charge in [-0.15, -0.1) is 5.10 Å². The Hall–Kier alpha value is -1.63. The third kappa shape index (κ3) is 3.72. The van der Waals surface area contributed by atoms with Gasteiger partial charge in [-0.2, -0.15) is 0 Å². The van der Waals surface area contributed by atoms with Crippen molar-refractivity contribution in [3.8, 4) is 0 Å². The zero-order valence-electron chi connectivity index (χ0n) is 12.4. The molecule has 0 spiro atoms. The van der Waals surface area contributed by atoms with Crippen LogP contribution in [0.5, 0.6) is 0 Å². The molecule has 1 aromatic rings. The average Bonchev–Trinajstić information content (AvgIpc) is 3.12. The minimum atomic E-state index is 0.111. The third-order valence-electron chi connectivity index (χ3n) is 4.53. The highest BCUT2D eigenvalue weighted by Crippen LogP contribution is 2.20. The van der Waals surface area contributed by atoms with Gasteiger partial charge >= 0.3 is 0 Å². The number of nitrogens with two attached hydrogens (primary N) is 1. The average molecular weight is 292 g/mol. The van der Waals surface area contributed by atoms with Crippen LogP contribution in [0.4, 0.5) is 5.95 Å². The first kappa shape index (κ1) is 14.3. The smallest absolute Gasteiger partial charge is 0.244 e. The summed E-state index contributed by atoms with van der Waals surface area (Å²) in [6.45, 7) is 5.69. The molecular formula is C14H24N6O. The summed E-state index contributed by atoms with van der Waals surface area (Å²) in [4.78, 5) is 20.6. The van der Waals surface area contributed by atoms with E-state index in [4.69, 9.17) is 5.73 Å². The van der Waals surface area contributed by atoms with Gasteiger partial charge in [0, 0.05) is 19.6 Å². The van der Waals surface area contributed by atoms with E-state index in [1.807, 2.05) is 4.90 Å². The van der Waals surface area contributed by atoms with Gasteiger partial charge in [0.1, 0.15) is 12.9 Å². The van der Waals surface area contributed by atoms with Crippen LogP contribution in [0, 0.1) is 5.92 Å². The number of anilines is 1. The molecule has 7 heteroatoms. The first-order valence-electron chi connectivity index (χ1n) is 7.86. The second kappa shape index (κ2) is 6.43. The molecule has 0 atom stereocenters. The fourth-order valence-electron chi connectivity index (χ4n) is 3.32. The van der Waals surface area contributed by atoms with E-state index in [9.17, 15) is 4.79 Å². The fourth-order valence-corrected chi connectivity index (χ4v) is 3.32. The molecule has 3 rings (SSSR count). The Morgan fingerprint density at radius 3 is 2.57 bits per heavy atom. The number of amides is 1. The van der Waals surface area contributed by atoms with Crippen LogP contribution in [0.2, 0.25) is 0 Å². The Labute approximate surface area is 125 Å². The number of nitrogens with zero attached hydrogens (tertiary/aromatic N) is 5. The van der Waals surface area contributed by atoms with Gasteiger partial charge in [-0.3, -0.25) is 4.79 Å². The molecule has 7 nitrogen and oxygen atoms in total. The van der Waals surface area contributed by atoms with E-state index >= 15 is 0 Å². The highest BCUT2D eigenvalue weighted by Gasteiger charge is 2.25. The molecule has 0 aliphatic carbocycles. The van der Waals surface area contributed by atoms with Gasteiger partial charge in [-0.05, 0) is 44.7 Å². The summed E-state index contributed by atoms with van der Waals surface area (Å²) in [5, 5.41) is 3.96. The lowest BCUT2D eigenvalue weighted by molar-refractivity contribution is -0.133. The summed E-state index contributed by atoms with van der Waals surface area (Å²) in [6, 6.07) is 0. The van der Waals surface area contributed by atoms with Gasteiger partial charge in [0.25, 0.3) is 0 Å². The fraction of sp³-hybridized carbons (Fsp3) is 0.786. The Kier molecular flexibility index (Phi) is 4.38. The Bertz CT molecular complexity index is 474. The normalized spacial score (nSPS) is 21.0. The zero-order chi connectivity index (χ0) is 14.7. The highest BCUT2D eigenvalue weighted by atomic mass is 16.2. The number of carbonyl (C=O) groups is 1. The molecule has 0 unspecified atom stereocenters. The molecule has 3 heterocycles. The summed E-state index contributed by atoms with van der Waals surface area (Å²) < 4.78 is 1.51. The number of nitrogen functional groups attached to an aromatic ring is 1. The lowest BCUT2D eigenvalue weighted by Crippen LogP contribution is -2.42. The Morgan fingerprint density at radius 1 is 1.24 bits per heavy atom. The molecule has 0 radical (unpaired) electrons. The molecule has 0 bridgehead atoms. The molecule has 1 aromatic heterocycles. The maximum absolute atomic E-state index is 12.2. The van der Waals surface area contributed by atoms with Gasteiger partial charge in [0.15, 0.2) is 0 Å². The topological polar surface area (TPSA) is 80.3 Å². The molecule has 116 valence electrons. The van der Waals surface area contributed by atoms with Crippen molar-refractivity contribution in [2.45, 2.75) is 32.2 Å². The molecule has 1 amide bonds. The Morgan fingerprint density at radius 2 is 1.95 bits per heavy atom. The molecule has 0 aromatic carbocycles. The van der Waals surface area contributed by atoms with E-state index in [-0.39, 0.29) is 18.4 Å². The van der Waals surface area contributed by atoms with Crippen LogP contribution < -0.4 is 5.73 Å². The first-order chi connectivity index (χ1) is 10.2. The summed E-state index contributed by atoms with van der Waals surface area (Å²) in [5.41, 5.74) is 5.46. The van der Waals surface area contributed by atoms with Crippen LogP contribution in [-0.2, 0) is 11.3 Å². The predicted molar refractivity (Wildman–Crippen MR) is 79.4 cm³/mol. The summed E-state index contributed by atoms with van der Waals surface area (Å²) in [7, 11) is 0. The number of hydrogen-bond donors (Lipinski definition) is 1. The number of piperidine rings is 1. The van der Waals surface area contributed by atoms with Crippen molar-refractivity contribution in [1.29, 1.82) is 0 Å². The minimum Gasteiger partial charge on any atom is -0.367 e. The summed E-state index contributed by atoms with van der Waals surface area (Å²) in [6.07, 6.45) is 6.42. The van der Waals surface area contributed by atoms with Crippen LogP contribution in [-0.4, -0.2) is 63.2 Å². The third-order valence-corrected chi connectivity index (χ3v) is 4.53. The zero-order valence-corrected chi connectivity index (χ0v) is 12.4. The van der Waals surface area contributed by atoms with Crippen molar-refractivity contribution in [3.63, 3.8) is 0 Å². The van der Waals surface area contributed by atoms with E-state index in [0.29, 0.717) is 0 Å². The number of rotatable bonds is 4. The van der Waals surface area contributed by atoms with Gasteiger partial charge < -0.3 is 15.5 Å². The number of likely N-dealkylation sites (tertiary alicyclic amines) is 2. The highest BCUT2D eigenvalue weighted by molar-refractivity contribution is 5.76. The van der Waals surface area contributed by atoms with Crippen molar-refractivity contribution in [2.24, 2.45) is 5.92 Å². The Balaban J connectivity index is 1.43. The molecule has 0 saturated carbocycles. The van der Waals surface area contributed by atoms with Crippen molar-refractivity contribution in [3.05, 3.63) is 6.33 Å². The van der Waals surface area contributed by atoms with Crippen LogP contribution in [0.25, 0.3) is 0 Å². The van der Waals surface area contributed by atoms with E-state index < -0.39 is 0 Å². The van der Waals surface area contributed by atoms with Crippen LogP contribution in [0.3, 0.4) is 0 Å². The minimum absolute atomic E-state index is 0.111. The van der Waals surface area contributed by atoms with Crippen LogP contribution in [0.15, 0.2) is 6.33 Å². The van der Waals surface area contributed by atoms with Crippen molar-refractivity contribution in [1.82, 2.24) is 24.6 Å². The van der Waals surface area contributed by atoms with Gasteiger partial charge in [-0.25, -0.2) is 9.67 Å². The largest absolute Gasteiger partial charge is 0.367 e. The second-order valence-electron chi connectivity index (χ2n) is 6.13. The quantitative estimate of drug-likeness (QED) is 0.857. The van der Waals surface area contributed by atoms with Gasteiger partial charge in [0.2, 0.25) is 11.9 Å². The van der Waals surface area contributed by atoms with Crippen molar-refractivity contribution < 1.29 is 4.79 Å². The lowest BCUT2D eigenvalue weighted by atomic mass is 9.96. The molecular weight excluding hydrogens is 268 g/mol. The van der Waals surface area contributed by atoms with E-state index in [1.54, 1.807) is 0 Å². The van der Waals surface area contributed by atoms with Crippen LogP contribution >= 0.6 is 0 Å². The van der Waals surface area contributed by atoms with E-state index in [1.165, 1.54) is 43.5 Å². The van der Waals surface area contributed by atoms with Gasteiger partial charge in [0.05, 0.1) is 0 Å². The maximum Gasteiger partial charge on any atom is 0.244 e. The molecule has 2 fully saturated rings. The van der Waals surface area contributed by atoms with Gasteiger partial charge in [-0.1, -0.05) is 0 Å². The van der Waals surface area contributed by atoms with Crippen LogP contribution in [0.1, 0.15) is 25.7 Å². The van der Waals surface area contributed by atoms with Crippen molar-refractivity contribution >= 4 is 11.9 Å². The monoisotopic (exact) mass is 292 g/mol. The molecule has 2 N–H and O–H groups in total. The summed E-state index contributed by atoms with van der Waals surface area (Å²) >= 11 is 0. The number of carbonyl (C=O) groups excluding carboxylic acids is 1. The molecule has 2 aliphatic heterocycles. The first-order valence-corrected chi connectivity index (χ1v) is 7.86. The van der Waals surface area contributed by atoms with E-state index in [2.05, 4.69) is 15.0 Å². The standard InChI is InChI=1S/C14H24N6O/c15-14-16-11-20(17-14)10-13(21)19-7-3-12(4-8-19)9-18-5-1-2-6-18/h11-12H,1-10H2,(H2,15,17). The van der Waals surface area contributed by atoms with Crippen molar-refractivity contribution in [2.75, 3.05) is 38.5 Å². The molecule has 2 aliphatic rings. The molecule has 2 saturated heterocycles. The SMILES string of the molecule is Nc1ncn(CC(=O)N2CCC(CN3CCCC3)CC2)n1. The lowest BCUT2D eigenvalue weighted by Gasteiger charge is -2.33. The molecule has 21 heavy (non-hydrogen) atoms. The van der Waals surface area contributed by atoms with E-state index in [0.717, 1.165) is 31.8 Å². The summed E-state index contributed by atoms with van der Waals surface area (Å²) in [5.74, 6) is 1.07. The maximum atomic E-state index is 12.2. The number of aromatic nitrogens is 3. The predicted octanol–water partition coefficient (Wildman–Crippen LogP) is 0.195.